The van der Waals surface area contributed by atoms with Gasteiger partial charge in [-0.25, -0.2) is 0 Å². The SMILES string of the molecule is CC(C)N1CCC(c2ccccc2)(c2ccccc2O)CC1. The molecule has 2 aromatic carbocycles. The first kappa shape index (κ1) is 15.1. The van der Waals surface area contributed by atoms with E-state index in [4.69, 9.17) is 0 Å². The van der Waals surface area contributed by atoms with E-state index in [1.807, 2.05) is 18.2 Å². The van der Waals surface area contributed by atoms with E-state index in [1.54, 1.807) is 0 Å². The van der Waals surface area contributed by atoms with Crippen molar-refractivity contribution < 1.29 is 5.11 Å². The van der Waals surface area contributed by atoms with Crippen LogP contribution in [0, 0.1) is 0 Å². The Hall–Kier alpha value is -1.80. The van der Waals surface area contributed by atoms with Gasteiger partial charge in [0.25, 0.3) is 0 Å². The lowest BCUT2D eigenvalue weighted by Crippen LogP contribution is -2.45. The molecule has 0 aromatic heterocycles. The molecule has 1 saturated heterocycles. The Morgan fingerprint density at radius 3 is 2.09 bits per heavy atom. The zero-order valence-electron chi connectivity index (χ0n) is 13.5. The Morgan fingerprint density at radius 1 is 0.909 bits per heavy atom. The predicted molar refractivity (Wildman–Crippen MR) is 91.3 cm³/mol. The van der Waals surface area contributed by atoms with Crippen LogP contribution in [-0.4, -0.2) is 29.1 Å². The summed E-state index contributed by atoms with van der Waals surface area (Å²) >= 11 is 0. The molecule has 1 aliphatic rings. The molecule has 0 bridgehead atoms. The van der Waals surface area contributed by atoms with Gasteiger partial charge in [0.05, 0.1) is 0 Å². The fourth-order valence-electron chi connectivity index (χ4n) is 3.77. The standard InChI is InChI=1S/C20H25NO/c1-16(2)21-14-12-20(13-15-21,17-8-4-3-5-9-17)18-10-6-7-11-19(18)22/h3-11,16,22H,12-15H2,1-2H3. The number of hydrogen-bond acceptors (Lipinski definition) is 2. The molecule has 2 nitrogen and oxygen atoms in total. The van der Waals surface area contributed by atoms with E-state index in [0.717, 1.165) is 31.5 Å². The van der Waals surface area contributed by atoms with E-state index in [2.05, 4.69) is 55.1 Å². The Bertz CT molecular complexity index is 613. The van der Waals surface area contributed by atoms with Crippen molar-refractivity contribution in [3.8, 4) is 5.75 Å². The van der Waals surface area contributed by atoms with Crippen LogP contribution in [0.25, 0.3) is 0 Å². The second-order valence-corrected chi connectivity index (χ2v) is 6.59. The van der Waals surface area contributed by atoms with Gasteiger partial charge >= 0.3 is 0 Å². The number of piperidine rings is 1. The second-order valence-electron chi connectivity index (χ2n) is 6.59. The highest BCUT2D eigenvalue weighted by Crippen LogP contribution is 2.45. The molecule has 0 aliphatic carbocycles. The summed E-state index contributed by atoms with van der Waals surface area (Å²) in [6, 6.07) is 19.1. The van der Waals surface area contributed by atoms with Gasteiger partial charge in [0.2, 0.25) is 0 Å². The fourth-order valence-corrected chi connectivity index (χ4v) is 3.77. The van der Waals surface area contributed by atoms with Gasteiger partial charge in [0.15, 0.2) is 0 Å². The van der Waals surface area contributed by atoms with E-state index >= 15 is 0 Å². The molecule has 0 saturated carbocycles. The van der Waals surface area contributed by atoms with Crippen molar-refractivity contribution in [2.75, 3.05) is 13.1 Å². The molecule has 0 spiro atoms. The van der Waals surface area contributed by atoms with Crippen molar-refractivity contribution in [3.63, 3.8) is 0 Å². The molecule has 1 aliphatic heterocycles. The summed E-state index contributed by atoms with van der Waals surface area (Å²) in [6.45, 7) is 6.66. The largest absolute Gasteiger partial charge is 0.508 e. The van der Waals surface area contributed by atoms with Gasteiger partial charge in [0.1, 0.15) is 5.75 Å². The average molecular weight is 295 g/mol. The van der Waals surface area contributed by atoms with Gasteiger partial charge < -0.3 is 10.0 Å². The third-order valence-electron chi connectivity index (χ3n) is 5.13. The fraction of sp³-hybridized carbons (Fsp3) is 0.400. The number of likely N-dealkylation sites (tertiary alicyclic amines) is 1. The number of aromatic hydroxyl groups is 1. The molecule has 0 unspecified atom stereocenters. The summed E-state index contributed by atoms with van der Waals surface area (Å²) in [5.41, 5.74) is 2.32. The zero-order valence-corrected chi connectivity index (χ0v) is 13.5. The molecule has 2 aromatic rings. The van der Waals surface area contributed by atoms with E-state index in [9.17, 15) is 5.11 Å². The molecule has 1 fully saturated rings. The minimum atomic E-state index is -0.0714. The third-order valence-corrected chi connectivity index (χ3v) is 5.13. The van der Waals surface area contributed by atoms with Crippen LogP contribution in [0.4, 0.5) is 0 Å². The van der Waals surface area contributed by atoms with Gasteiger partial charge in [-0.05, 0) is 51.4 Å². The Kier molecular flexibility index (Phi) is 4.21. The van der Waals surface area contributed by atoms with Gasteiger partial charge in [-0.1, -0.05) is 48.5 Å². The molecule has 1 heterocycles. The molecule has 1 N–H and O–H groups in total. The topological polar surface area (TPSA) is 23.5 Å². The molecule has 0 radical (unpaired) electrons. The maximum Gasteiger partial charge on any atom is 0.119 e. The van der Waals surface area contributed by atoms with E-state index in [-0.39, 0.29) is 5.41 Å². The molecule has 0 atom stereocenters. The maximum atomic E-state index is 10.5. The molecule has 116 valence electrons. The summed E-state index contributed by atoms with van der Waals surface area (Å²) < 4.78 is 0. The number of phenolic OH excluding ortho intramolecular Hbond substituents is 1. The lowest BCUT2D eigenvalue weighted by Gasteiger charge is -2.44. The second kappa shape index (κ2) is 6.13. The van der Waals surface area contributed by atoms with Crippen molar-refractivity contribution in [2.24, 2.45) is 0 Å². The van der Waals surface area contributed by atoms with Crippen molar-refractivity contribution in [1.29, 1.82) is 0 Å². The average Bonchev–Trinajstić information content (AvgIpc) is 2.56. The number of phenols is 1. The van der Waals surface area contributed by atoms with Gasteiger partial charge in [-0.2, -0.15) is 0 Å². The molecular weight excluding hydrogens is 270 g/mol. The molecule has 0 amide bonds. The number of rotatable bonds is 3. The lowest BCUT2D eigenvalue weighted by molar-refractivity contribution is 0.144. The number of hydrogen-bond donors (Lipinski definition) is 1. The first-order valence-corrected chi connectivity index (χ1v) is 8.21. The highest BCUT2D eigenvalue weighted by Gasteiger charge is 2.39. The number of nitrogens with zero attached hydrogens (tertiary/aromatic N) is 1. The third kappa shape index (κ3) is 2.64. The monoisotopic (exact) mass is 295 g/mol. The minimum absolute atomic E-state index is 0.0714. The summed E-state index contributed by atoms with van der Waals surface area (Å²) in [6.07, 6.45) is 2.10. The van der Waals surface area contributed by atoms with Crippen LogP contribution >= 0.6 is 0 Å². The molecule has 22 heavy (non-hydrogen) atoms. The van der Waals surface area contributed by atoms with Gasteiger partial charge in [-0.15, -0.1) is 0 Å². The smallest absolute Gasteiger partial charge is 0.119 e. The van der Waals surface area contributed by atoms with Crippen LogP contribution in [-0.2, 0) is 5.41 Å². The quantitative estimate of drug-likeness (QED) is 0.918. The Balaban J connectivity index is 2.04. The van der Waals surface area contributed by atoms with Crippen LogP contribution in [0.15, 0.2) is 54.6 Å². The Labute approximate surface area is 133 Å². The highest BCUT2D eigenvalue weighted by molar-refractivity contribution is 5.47. The van der Waals surface area contributed by atoms with E-state index in [1.165, 1.54) is 5.56 Å². The molecule has 3 rings (SSSR count). The van der Waals surface area contributed by atoms with E-state index in [0.29, 0.717) is 11.8 Å². The summed E-state index contributed by atoms with van der Waals surface area (Å²) in [5, 5.41) is 10.5. The van der Waals surface area contributed by atoms with Crippen LogP contribution in [0.2, 0.25) is 0 Å². The summed E-state index contributed by atoms with van der Waals surface area (Å²) in [5.74, 6) is 0.421. The predicted octanol–water partition coefficient (Wildman–Crippen LogP) is 4.18. The van der Waals surface area contributed by atoms with Crippen molar-refractivity contribution >= 4 is 0 Å². The van der Waals surface area contributed by atoms with Crippen LogP contribution < -0.4 is 0 Å². The van der Waals surface area contributed by atoms with Gasteiger partial charge in [0, 0.05) is 17.0 Å². The molecule has 2 heteroatoms. The van der Waals surface area contributed by atoms with Crippen molar-refractivity contribution in [3.05, 3.63) is 65.7 Å². The maximum absolute atomic E-state index is 10.5. The lowest BCUT2D eigenvalue weighted by atomic mass is 9.67. The van der Waals surface area contributed by atoms with Crippen molar-refractivity contribution in [2.45, 2.75) is 38.1 Å². The summed E-state index contributed by atoms with van der Waals surface area (Å²) in [4.78, 5) is 2.53. The first-order chi connectivity index (χ1) is 10.6. The van der Waals surface area contributed by atoms with Crippen LogP contribution in [0.1, 0.15) is 37.8 Å². The van der Waals surface area contributed by atoms with Crippen molar-refractivity contribution in [1.82, 2.24) is 4.90 Å². The molecular formula is C20H25NO. The van der Waals surface area contributed by atoms with Crippen LogP contribution in [0.3, 0.4) is 0 Å². The van der Waals surface area contributed by atoms with Gasteiger partial charge in [-0.3, -0.25) is 0 Å². The normalized spacial score (nSPS) is 18.5. The Morgan fingerprint density at radius 2 is 1.50 bits per heavy atom. The summed E-state index contributed by atoms with van der Waals surface area (Å²) in [7, 11) is 0. The zero-order chi connectivity index (χ0) is 15.6. The number of para-hydroxylation sites is 1. The van der Waals surface area contributed by atoms with E-state index < -0.39 is 0 Å². The van der Waals surface area contributed by atoms with Crippen LogP contribution in [0.5, 0.6) is 5.75 Å². The first-order valence-electron chi connectivity index (χ1n) is 8.21. The minimum Gasteiger partial charge on any atom is -0.508 e. The number of benzene rings is 2. The highest BCUT2D eigenvalue weighted by atomic mass is 16.3.